The number of halogens is 1. The highest BCUT2D eigenvalue weighted by molar-refractivity contribution is 7.80. The van der Waals surface area contributed by atoms with Crippen molar-refractivity contribution < 1.29 is 9.13 Å². The first-order valence-electron chi connectivity index (χ1n) is 13.3. The van der Waals surface area contributed by atoms with Crippen molar-refractivity contribution >= 4 is 34.9 Å². The Morgan fingerprint density at radius 1 is 1.06 bits per heavy atom. The van der Waals surface area contributed by atoms with Crippen molar-refractivity contribution in [2.24, 2.45) is 5.92 Å². The molecule has 5 rings (SSSR count). The second-order valence-electron chi connectivity index (χ2n) is 10.5. The molecule has 1 atom stereocenters. The summed E-state index contributed by atoms with van der Waals surface area (Å²) in [4.78, 5) is 14.3. The highest BCUT2D eigenvalue weighted by Crippen LogP contribution is 2.40. The van der Waals surface area contributed by atoms with Crippen LogP contribution >= 0.6 is 12.2 Å². The molecule has 0 radical (unpaired) electrons. The van der Waals surface area contributed by atoms with E-state index >= 15 is 0 Å². The zero-order valence-electron chi connectivity index (χ0n) is 21.1. The van der Waals surface area contributed by atoms with E-state index in [0.717, 1.165) is 50.7 Å². The van der Waals surface area contributed by atoms with Crippen LogP contribution in [-0.2, 0) is 10.2 Å². The molecule has 3 aliphatic rings. The van der Waals surface area contributed by atoms with Crippen LogP contribution in [0.5, 0.6) is 0 Å². The number of nitrogens with one attached hydrogen (secondary N) is 2. The van der Waals surface area contributed by atoms with Gasteiger partial charge in [0.15, 0.2) is 5.11 Å². The molecule has 1 aromatic carbocycles. The summed E-state index contributed by atoms with van der Waals surface area (Å²) in [6.45, 7) is 8.04. The molecule has 0 bridgehead atoms. The first kappa shape index (κ1) is 25.1. The largest absolute Gasteiger partial charge is 0.378 e. The summed E-state index contributed by atoms with van der Waals surface area (Å²) in [7, 11) is 0. The smallest absolute Gasteiger partial charge is 0.232 e. The monoisotopic (exact) mass is 512 g/mol. The lowest BCUT2D eigenvalue weighted by Gasteiger charge is -2.33. The maximum Gasteiger partial charge on any atom is 0.232 e. The Bertz CT molecular complexity index is 1040. The summed E-state index contributed by atoms with van der Waals surface area (Å²) in [5.41, 5.74) is 1.13. The van der Waals surface area contributed by atoms with Crippen LogP contribution in [0.2, 0.25) is 0 Å². The molecular weight excluding hydrogens is 475 g/mol. The van der Waals surface area contributed by atoms with Crippen molar-refractivity contribution in [3.8, 4) is 0 Å². The van der Waals surface area contributed by atoms with E-state index in [1.807, 2.05) is 12.1 Å². The van der Waals surface area contributed by atoms with Crippen LogP contribution in [0.3, 0.4) is 0 Å². The van der Waals surface area contributed by atoms with E-state index in [1.54, 1.807) is 12.1 Å². The minimum atomic E-state index is -0.201. The normalized spacial score (nSPS) is 21.9. The van der Waals surface area contributed by atoms with Gasteiger partial charge < -0.3 is 25.2 Å². The predicted molar refractivity (Wildman–Crippen MR) is 146 cm³/mol. The van der Waals surface area contributed by atoms with Crippen LogP contribution in [0.4, 0.5) is 22.0 Å². The number of piperidine rings is 1. The van der Waals surface area contributed by atoms with Gasteiger partial charge >= 0.3 is 0 Å². The van der Waals surface area contributed by atoms with Crippen molar-refractivity contribution in [1.82, 2.24) is 15.3 Å². The van der Waals surface area contributed by atoms with Gasteiger partial charge in [0.1, 0.15) is 17.5 Å². The summed E-state index contributed by atoms with van der Waals surface area (Å²) in [6, 6.07) is 9.05. The van der Waals surface area contributed by atoms with Gasteiger partial charge in [-0.15, -0.1) is 0 Å². The van der Waals surface area contributed by atoms with Gasteiger partial charge in [0.05, 0.1) is 13.2 Å². The molecule has 1 saturated carbocycles. The fourth-order valence-corrected chi connectivity index (χ4v) is 5.97. The molecule has 2 N–H and O–H groups in total. The Hall–Kier alpha value is -2.52. The van der Waals surface area contributed by atoms with Gasteiger partial charge in [0.25, 0.3) is 0 Å². The molecule has 2 aliphatic heterocycles. The first-order chi connectivity index (χ1) is 17.5. The third-order valence-electron chi connectivity index (χ3n) is 7.85. The Balaban J connectivity index is 1.31. The second-order valence-corrected chi connectivity index (χ2v) is 10.9. The molecule has 36 heavy (non-hydrogen) atoms. The minimum absolute atomic E-state index is 0.0367. The Morgan fingerprint density at radius 2 is 1.75 bits per heavy atom. The fourth-order valence-electron chi connectivity index (χ4n) is 5.81. The van der Waals surface area contributed by atoms with E-state index in [9.17, 15) is 4.39 Å². The average molecular weight is 513 g/mol. The molecule has 3 fully saturated rings. The lowest BCUT2D eigenvalue weighted by atomic mass is 9.79. The van der Waals surface area contributed by atoms with Crippen molar-refractivity contribution in [3.63, 3.8) is 0 Å². The lowest BCUT2D eigenvalue weighted by molar-refractivity contribution is 0.122. The number of rotatable bonds is 6. The standard InChI is InChI=1S/C27H37FN6OS/c1-20-5-4-12-34(18-20)24-17-23(33-13-15-35-16-14-33)30-25(31-24)32-26(36)29-19-27(10-2-3-11-27)21-6-8-22(28)9-7-21/h6-9,17,20H,2-5,10-16,18-19H2,1H3,(H2,29,30,31,32,36)/t20-/m0/s1. The minimum Gasteiger partial charge on any atom is -0.378 e. The maximum atomic E-state index is 13.5. The van der Waals surface area contributed by atoms with Crippen LogP contribution in [0.15, 0.2) is 30.3 Å². The maximum absolute atomic E-state index is 13.5. The highest BCUT2D eigenvalue weighted by Gasteiger charge is 2.35. The Kier molecular flexibility index (Phi) is 7.86. The number of ether oxygens (including phenoxy) is 1. The molecule has 0 amide bonds. The zero-order chi connectivity index (χ0) is 25.0. The first-order valence-corrected chi connectivity index (χ1v) is 13.7. The molecule has 3 heterocycles. The number of thiocarbonyl (C=S) groups is 1. The van der Waals surface area contributed by atoms with E-state index in [1.165, 1.54) is 31.2 Å². The summed E-state index contributed by atoms with van der Waals surface area (Å²) in [5, 5.41) is 7.21. The molecule has 2 saturated heterocycles. The lowest BCUT2D eigenvalue weighted by Crippen LogP contribution is -2.41. The molecule has 9 heteroatoms. The van der Waals surface area contributed by atoms with Gasteiger partial charge in [-0.25, -0.2) is 4.39 Å². The van der Waals surface area contributed by atoms with E-state index in [-0.39, 0.29) is 11.2 Å². The molecule has 2 aromatic rings. The number of anilines is 3. The number of hydrogen-bond acceptors (Lipinski definition) is 6. The number of morpholine rings is 1. The molecule has 7 nitrogen and oxygen atoms in total. The topological polar surface area (TPSA) is 65.6 Å². The van der Waals surface area contributed by atoms with E-state index < -0.39 is 0 Å². The SMILES string of the molecule is C[C@H]1CCCN(c2cc(N3CCOCC3)nc(NC(=S)NCC3(c4ccc(F)cc4)CCCC3)n2)C1. The van der Waals surface area contributed by atoms with Crippen molar-refractivity contribution in [2.75, 3.05) is 61.1 Å². The average Bonchev–Trinajstić information content (AvgIpc) is 3.38. The second kappa shape index (κ2) is 11.3. The van der Waals surface area contributed by atoms with Crippen LogP contribution in [0.25, 0.3) is 0 Å². The van der Waals surface area contributed by atoms with E-state index in [0.29, 0.717) is 36.7 Å². The van der Waals surface area contributed by atoms with Gasteiger partial charge in [0, 0.05) is 44.2 Å². The molecule has 0 unspecified atom stereocenters. The van der Waals surface area contributed by atoms with E-state index in [2.05, 4.69) is 33.4 Å². The van der Waals surface area contributed by atoms with Gasteiger partial charge in [-0.05, 0) is 61.5 Å². The van der Waals surface area contributed by atoms with Crippen LogP contribution in [-0.4, -0.2) is 61.0 Å². The quantitative estimate of drug-likeness (QED) is 0.549. The third-order valence-corrected chi connectivity index (χ3v) is 8.09. The van der Waals surface area contributed by atoms with Gasteiger partial charge in [-0.2, -0.15) is 9.97 Å². The predicted octanol–water partition coefficient (Wildman–Crippen LogP) is 4.49. The fraction of sp³-hybridized carbons (Fsp3) is 0.593. The molecular formula is C27H37FN6OS. The van der Waals surface area contributed by atoms with Crippen LogP contribution < -0.4 is 20.4 Å². The van der Waals surface area contributed by atoms with Gasteiger partial charge in [0.2, 0.25) is 5.95 Å². The van der Waals surface area contributed by atoms with Crippen molar-refractivity contribution in [3.05, 3.63) is 41.7 Å². The van der Waals surface area contributed by atoms with Crippen molar-refractivity contribution in [2.45, 2.75) is 50.9 Å². The zero-order valence-corrected chi connectivity index (χ0v) is 22.0. The Labute approximate surface area is 218 Å². The third kappa shape index (κ3) is 5.89. The van der Waals surface area contributed by atoms with Gasteiger partial charge in [-0.1, -0.05) is 31.9 Å². The summed E-state index contributed by atoms with van der Waals surface area (Å²) in [5.74, 6) is 2.82. The Morgan fingerprint density at radius 3 is 2.44 bits per heavy atom. The summed E-state index contributed by atoms with van der Waals surface area (Å²) < 4.78 is 19.1. The number of hydrogen-bond donors (Lipinski definition) is 2. The summed E-state index contributed by atoms with van der Waals surface area (Å²) >= 11 is 5.70. The van der Waals surface area contributed by atoms with Crippen LogP contribution in [0.1, 0.15) is 51.0 Å². The molecule has 194 valence electrons. The van der Waals surface area contributed by atoms with Gasteiger partial charge in [-0.3, -0.25) is 0 Å². The number of benzene rings is 1. The molecule has 1 aromatic heterocycles. The molecule has 0 spiro atoms. The number of aromatic nitrogens is 2. The number of nitrogens with zero attached hydrogens (tertiary/aromatic N) is 4. The molecule has 1 aliphatic carbocycles. The van der Waals surface area contributed by atoms with Crippen molar-refractivity contribution in [1.29, 1.82) is 0 Å². The van der Waals surface area contributed by atoms with Crippen LogP contribution in [0, 0.1) is 11.7 Å². The van der Waals surface area contributed by atoms with E-state index in [4.69, 9.17) is 26.9 Å². The highest BCUT2D eigenvalue weighted by atomic mass is 32.1. The summed E-state index contributed by atoms with van der Waals surface area (Å²) in [6.07, 6.45) is 6.89.